The molecule has 3 heterocycles. The van der Waals surface area contributed by atoms with E-state index in [1.165, 1.54) is 13.1 Å². The molecule has 7 N–H and O–H groups in total. The molecule has 1 aromatic heterocycles. The fraction of sp³-hybridized carbons (Fsp3) is 0.733. The normalized spacial score (nSPS) is 43.1. The molecule has 0 radical (unpaired) electrons. The zero-order valence-electron chi connectivity index (χ0n) is 14.2. The van der Waals surface area contributed by atoms with Crippen molar-refractivity contribution in [1.29, 1.82) is 0 Å². The van der Waals surface area contributed by atoms with Crippen molar-refractivity contribution >= 4 is 12.2 Å². The highest BCUT2D eigenvalue weighted by atomic mass is 32.1. The molecule has 0 aromatic carbocycles. The van der Waals surface area contributed by atoms with E-state index in [2.05, 4.69) is 4.98 Å². The number of aliphatic hydroxyl groups excluding tert-OH is 6. The van der Waals surface area contributed by atoms with E-state index >= 15 is 0 Å². The van der Waals surface area contributed by atoms with E-state index in [4.69, 9.17) is 21.7 Å². The first-order chi connectivity index (χ1) is 12.6. The largest absolute Gasteiger partial charge is 0.394 e. The summed E-state index contributed by atoms with van der Waals surface area (Å²) in [7, 11) is 0. The number of rotatable bonds is 4. The van der Waals surface area contributed by atoms with E-state index in [0.717, 1.165) is 10.6 Å². The lowest BCUT2D eigenvalue weighted by atomic mass is 9.92. The van der Waals surface area contributed by atoms with Gasteiger partial charge >= 0.3 is 0 Å². The van der Waals surface area contributed by atoms with Crippen LogP contribution in [0.2, 0.25) is 0 Å². The third-order valence-electron chi connectivity index (χ3n) is 5.03. The second-order valence-electron chi connectivity index (χ2n) is 6.75. The third-order valence-corrected chi connectivity index (χ3v) is 5.33. The van der Waals surface area contributed by atoms with Crippen LogP contribution < -0.4 is 5.56 Å². The Morgan fingerprint density at radius 3 is 2.44 bits per heavy atom. The zero-order valence-corrected chi connectivity index (χ0v) is 15.1. The van der Waals surface area contributed by atoms with Crippen LogP contribution in [0.4, 0.5) is 0 Å². The van der Waals surface area contributed by atoms with Crippen LogP contribution in [0.15, 0.2) is 17.1 Å². The van der Waals surface area contributed by atoms with E-state index in [1.54, 1.807) is 0 Å². The fourth-order valence-electron chi connectivity index (χ4n) is 3.68. The Morgan fingerprint density at radius 1 is 1.30 bits per heavy atom. The molecule has 0 bridgehead atoms. The smallest absolute Gasteiger partial charge is 0.251 e. The van der Waals surface area contributed by atoms with Crippen molar-refractivity contribution in [3.63, 3.8) is 0 Å². The summed E-state index contributed by atoms with van der Waals surface area (Å²) in [6, 6.07) is 1.08. The molecule has 3 rings (SSSR count). The van der Waals surface area contributed by atoms with Gasteiger partial charge in [0.15, 0.2) is 4.77 Å². The molecule has 11 nitrogen and oxygen atoms in total. The van der Waals surface area contributed by atoms with Crippen molar-refractivity contribution < 1.29 is 40.1 Å². The van der Waals surface area contributed by atoms with Gasteiger partial charge in [-0.1, -0.05) is 0 Å². The van der Waals surface area contributed by atoms with Crippen molar-refractivity contribution in [2.75, 3.05) is 6.61 Å². The summed E-state index contributed by atoms with van der Waals surface area (Å²) in [6.45, 7) is 0.681. The lowest BCUT2D eigenvalue weighted by molar-refractivity contribution is -0.236. The van der Waals surface area contributed by atoms with Gasteiger partial charge in [-0.3, -0.25) is 14.3 Å². The standard InChI is InChI=1S/C15H22N2O9S/c1-5(19)11-9(22)10(23)13(25-11)15(12(24)8(21)6(4-18)26-15)17-3-2-7(20)16-14(17)27/h2-3,5-6,8-13,18-19,21-24H,4H2,1H3,(H,16,20,27)/t5?,6-,8-,9+,10-,11-,12-,13?,15+/m1/s1. The minimum atomic E-state index is -2.09. The number of H-pyrrole nitrogens is 1. The van der Waals surface area contributed by atoms with Crippen molar-refractivity contribution in [2.24, 2.45) is 0 Å². The molecule has 12 heteroatoms. The summed E-state index contributed by atoms with van der Waals surface area (Å²) < 4.78 is 12.2. The van der Waals surface area contributed by atoms with E-state index in [-0.39, 0.29) is 4.77 Å². The average molecular weight is 406 g/mol. The predicted molar refractivity (Wildman–Crippen MR) is 90.2 cm³/mol. The molecule has 0 aliphatic carbocycles. The molecule has 27 heavy (non-hydrogen) atoms. The van der Waals surface area contributed by atoms with Gasteiger partial charge in [-0.05, 0) is 19.1 Å². The number of hydrogen-bond acceptors (Lipinski definition) is 10. The highest BCUT2D eigenvalue weighted by Crippen LogP contribution is 2.44. The number of hydrogen-bond donors (Lipinski definition) is 7. The Hall–Kier alpha value is -1.22. The van der Waals surface area contributed by atoms with Crippen molar-refractivity contribution in [3.8, 4) is 0 Å². The van der Waals surface area contributed by atoms with Gasteiger partial charge in [0.05, 0.1) is 12.7 Å². The number of aromatic amines is 1. The molecular weight excluding hydrogens is 384 g/mol. The molecule has 0 amide bonds. The first-order valence-electron chi connectivity index (χ1n) is 8.32. The van der Waals surface area contributed by atoms with Gasteiger partial charge in [-0.15, -0.1) is 0 Å². The fourth-order valence-corrected chi connectivity index (χ4v) is 3.99. The number of aromatic nitrogens is 2. The van der Waals surface area contributed by atoms with Crippen LogP contribution in [0.5, 0.6) is 0 Å². The molecule has 9 atom stereocenters. The van der Waals surface area contributed by atoms with Crippen LogP contribution in [-0.4, -0.2) is 95.6 Å². The van der Waals surface area contributed by atoms with Gasteiger partial charge in [-0.25, -0.2) is 0 Å². The number of aliphatic hydroxyl groups is 6. The molecule has 0 saturated carbocycles. The molecule has 2 unspecified atom stereocenters. The maximum atomic E-state index is 11.5. The lowest BCUT2D eigenvalue weighted by Gasteiger charge is -2.40. The van der Waals surface area contributed by atoms with Gasteiger partial charge in [0.25, 0.3) is 5.56 Å². The van der Waals surface area contributed by atoms with Crippen molar-refractivity contribution in [3.05, 3.63) is 27.4 Å². The van der Waals surface area contributed by atoms with Gasteiger partial charge in [0, 0.05) is 12.3 Å². The first kappa shape index (κ1) is 20.5. The van der Waals surface area contributed by atoms with Crippen molar-refractivity contribution in [2.45, 2.75) is 61.5 Å². The maximum absolute atomic E-state index is 11.5. The van der Waals surface area contributed by atoms with Crippen LogP contribution >= 0.6 is 12.2 Å². The lowest BCUT2D eigenvalue weighted by Crippen LogP contribution is -2.58. The minimum Gasteiger partial charge on any atom is -0.394 e. The summed E-state index contributed by atoms with van der Waals surface area (Å²) in [5.74, 6) is 0. The van der Waals surface area contributed by atoms with Crippen LogP contribution in [-0.2, 0) is 15.2 Å². The maximum Gasteiger partial charge on any atom is 0.251 e. The first-order valence-corrected chi connectivity index (χ1v) is 8.73. The summed E-state index contributed by atoms with van der Waals surface area (Å²) in [5, 5.41) is 61.1. The molecule has 0 spiro atoms. The Kier molecular flexibility index (Phi) is 5.55. The van der Waals surface area contributed by atoms with Gasteiger partial charge in [0.2, 0.25) is 5.72 Å². The van der Waals surface area contributed by atoms with Crippen molar-refractivity contribution in [1.82, 2.24) is 9.55 Å². The van der Waals surface area contributed by atoms with Gasteiger partial charge in [0.1, 0.15) is 42.7 Å². The molecule has 2 aliphatic rings. The Bertz CT molecular complexity index is 798. The number of nitrogens with zero attached hydrogens (tertiary/aromatic N) is 1. The SMILES string of the molecule is CC(O)[C@H]1OC([C@@]2(n3ccc(=O)[nH]c3=S)O[C@H](CO)[C@@H](O)[C@H]2O)[C@H](O)[C@@H]1O. The van der Waals surface area contributed by atoms with Crippen LogP contribution in [0.3, 0.4) is 0 Å². The quantitative estimate of drug-likeness (QED) is 0.249. The van der Waals surface area contributed by atoms with E-state index in [9.17, 15) is 35.4 Å². The minimum absolute atomic E-state index is 0.210. The monoisotopic (exact) mass is 406 g/mol. The van der Waals surface area contributed by atoms with Gasteiger partial charge < -0.3 is 40.1 Å². The Labute approximate surface area is 158 Å². The van der Waals surface area contributed by atoms with Gasteiger partial charge in [-0.2, -0.15) is 0 Å². The van der Waals surface area contributed by atoms with E-state index < -0.39 is 66.7 Å². The molecule has 152 valence electrons. The molecule has 1 aromatic rings. The highest BCUT2D eigenvalue weighted by Gasteiger charge is 2.66. The summed E-state index contributed by atoms with van der Waals surface area (Å²) in [5.41, 5.74) is -2.62. The number of ether oxygens (including phenoxy) is 2. The summed E-state index contributed by atoms with van der Waals surface area (Å²) in [6.07, 6.45) is -10.5. The van der Waals surface area contributed by atoms with E-state index in [1.807, 2.05) is 0 Å². The van der Waals surface area contributed by atoms with E-state index in [0.29, 0.717) is 0 Å². The number of nitrogens with one attached hydrogen (secondary N) is 1. The topological polar surface area (TPSA) is 178 Å². The average Bonchev–Trinajstić information content (AvgIpc) is 3.04. The third kappa shape index (κ3) is 3.06. The molecular formula is C15H22N2O9S. The van der Waals surface area contributed by atoms with Crippen LogP contribution in [0.25, 0.3) is 0 Å². The molecule has 2 fully saturated rings. The second-order valence-corrected chi connectivity index (χ2v) is 7.14. The van der Waals surface area contributed by atoms with Crippen LogP contribution in [0, 0.1) is 4.77 Å². The Balaban J connectivity index is 2.18. The van der Waals surface area contributed by atoms with Crippen LogP contribution in [0.1, 0.15) is 6.92 Å². The highest BCUT2D eigenvalue weighted by molar-refractivity contribution is 7.71. The zero-order chi connectivity index (χ0) is 20.1. The predicted octanol–water partition coefficient (Wildman–Crippen LogP) is -3.46. The molecule has 2 aliphatic heterocycles. The molecule has 2 saturated heterocycles. The summed E-state index contributed by atoms with van der Waals surface area (Å²) >= 11 is 5.12. The summed E-state index contributed by atoms with van der Waals surface area (Å²) in [4.78, 5) is 13.9. The Morgan fingerprint density at radius 2 is 1.96 bits per heavy atom. The second kappa shape index (κ2) is 7.31.